The Morgan fingerprint density at radius 1 is 1.13 bits per heavy atom. The highest BCUT2D eigenvalue weighted by Crippen LogP contribution is 2.34. The van der Waals surface area contributed by atoms with Crippen LogP contribution in [0.25, 0.3) is 6.08 Å². The van der Waals surface area contributed by atoms with Gasteiger partial charge >= 0.3 is 0 Å². The summed E-state index contributed by atoms with van der Waals surface area (Å²) in [6.07, 6.45) is 3.69. The first-order valence-electron chi connectivity index (χ1n) is 9.35. The van der Waals surface area contributed by atoms with Crippen LogP contribution >= 0.6 is 35.2 Å². The third kappa shape index (κ3) is 6.24. The number of hydrogen-bond donors (Lipinski definition) is 3. The number of primary amides is 1. The minimum atomic E-state index is -0.549. The fourth-order valence-corrected chi connectivity index (χ4v) is 4.57. The average molecular weight is 470 g/mol. The highest BCUT2D eigenvalue weighted by atomic mass is 35.5. The summed E-state index contributed by atoms with van der Waals surface area (Å²) in [6.45, 7) is 1.86. The van der Waals surface area contributed by atoms with Crippen LogP contribution in [0.15, 0.2) is 60.7 Å². The van der Waals surface area contributed by atoms with Gasteiger partial charge in [0.1, 0.15) is 5.00 Å². The van der Waals surface area contributed by atoms with Crippen LogP contribution in [0.5, 0.6) is 0 Å². The Labute approximate surface area is 194 Å². The molecule has 31 heavy (non-hydrogen) atoms. The minimum absolute atomic E-state index is 0.0840. The zero-order valence-corrected chi connectivity index (χ0v) is 19.0. The Bertz CT molecular complexity index is 1140. The lowest BCUT2D eigenvalue weighted by atomic mass is 10.1. The number of thiocarbonyl (C=S) groups is 1. The molecule has 8 heteroatoms. The van der Waals surface area contributed by atoms with E-state index >= 15 is 0 Å². The van der Waals surface area contributed by atoms with E-state index in [0.717, 1.165) is 21.6 Å². The maximum atomic E-state index is 12.2. The summed E-state index contributed by atoms with van der Waals surface area (Å²) >= 11 is 12.5. The molecule has 5 nitrogen and oxygen atoms in total. The van der Waals surface area contributed by atoms with Crippen molar-refractivity contribution >= 4 is 63.2 Å². The molecule has 2 aromatic carbocycles. The van der Waals surface area contributed by atoms with Gasteiger partial charge in [0.2, 0.25) is 5.91 Å². The molecule has 2 amide bonds. The highest BCUT2D eigenvalue weighted by Gasteiger charge is 2.20. The summed E-state index contributed by atoms with van der Waals surface area (Å²) in [7, 11) is 0. The monoisotopic (exact) mass is 469 g/mol. The van der Waals surface area contributed by atoms with Crippen molar-refractivity contribution in [3.8, 4) is 0 Å². The molecule has 0 aliphatic carbocycles. The van der Waals surface area contributed by atoms with Crippen LogP contribution < -0.4 is 16.4 Å². The standard InChI is InChI=1S/C23H20ClN3O2S2/c1-14-18(13-16-5-3-2-4-6-16)31-22(20(14)21(25)29)27-23(30)26-19(28)12-9-15-7-10-17(24)11-8-15/h2-12H,13H2,1H3,(H2,25,29)(H2,26,27,28,30)/b12-9+. The molecule has 158 valence electrons. The number of anilines is 1. The topological polar surface area (TPSA) is 84.2 Å². The van der Waals surface area contributed by atoms with Crippen LogP contribution in [-0.4, -0.2) is 16.9 Å². The second kappa shape index (κ2) is 10.3. The summed E-state index contributed by atoms with van der Waals surface area (Å²) < 4.78 is 0. The molecule has 0 radical (unpaired) electrons. The highest BCUT2D eigenvalue weighted by molar-refractivity contribution is 7.80. The van der Waals surface area contributed by atoms with Crippen LogP contribution in [0.3, 0.4) is 0 Å². The van der Waals surface area contributed by atoms with Crippen molar-refractivity contribution in [2.24, 2.45) is 5.73 Å². The lowest BCUT2D eigenvalue weighted by molar-refractivity contribution is -0.115. The number of carbonyl (C=O) groups excluding carboxylic acids is 2. The summed E-state index contributed by atoms with van der Waals surface area (Å²) in [4.78, 5) is 25.2. The van der Waals surface area contributed by atoms with Gasteiger partial charge in [-0.2, -0.15) is 0 Å². The molecule has 0 bridgehead atoms. The van der Waals surface area contributed by atoms with Gasteiger partial charge < -0.3 is 11.1 Å². The molecule has 0 aliphatic heterocycles. The third-order valence-electron chi connectivity index (χ3n) is 4.46. The van der Waals surface area contributed by atoms with Crippen molar-refractivity contribution in [3.05, 3.63) is 92.8 Å². The van der Waals surface area contributed by atoms with E-state index in [-0.39, 0.29) is 5.11 Å². The first-order chi connectivity index (χ1) is 14.8. The molecule has 0 unspecified atom stereocenters. The van der Waals surface area contributed by atoms with Gasteiger partial charge in [0.15, 0.2) is 5.11 Å². The smallest absolute Gasteiger partial charge is 0.251 e. The first-order valence-corrected chi connectivity index (χ1v) is 11.0. The van der Waals surface area contributed by atoms with Crippen molar-refractivity contribution in [2.75, 3.05) is 5.32 Å². The zero-order valence-electron chi connectivity index (χ0n) is 16.6. The van der Waals surface area contributed by atoms with Gasteiger partial charge in [-0.25, -0.2) is 0 Å². The van der Waals surface area contributed by atoms with Gasteiger partial charge in [-0.1, -0.05) is 54.1 Å². The second-order valence-electron chi connectivity index (χ2n) is 6.71. The number of hydrogen-bond acceptors (Lipinski definition) is 4. The number of benzene rings is 2. The number of amides is 2. The third-order valence-corrected chi connectivity index (χ3v) is 6.12. The summed E-state index contributed by atoms with van der Waals surface area (Å²) in [6, 6.07) is 17.0. The van der Waals surface area contributed by atoms with Gasteiger partial charge in [-0.05, 0) is 54.0 Å². The van der Waals surface area contributed by atoms with Crippen LogP contribution in [0.4, 0.5) is 5.00 Å². The Balaban J connectivity index is 1.69. The predicted octanol–water partition coefficient (Wildman–Crippen LogP) is 4.93. The Kier molecular flexibility index (Phi) is 7.57. The van der Waals surface area contributed by atoms with Crippen molar-refractivity contribution in [3.63, 3.8) is 0 Å². The number of nitrogens with two attached hydrogens (primary N) is 1. The van der Waals surface area contributed by atoms with Crippen LogP contribution in [0, 0.1) is 6.92 Å². The lowest BCUT2D eigenvalue weighted by Crippen LogP contribution is -2.33. The second-order valence-corrected chi connectivity index (χ2v) is 8.66. The molecule has 0 aliphatic rings. The van der Waals surface area contributed by atoms with Gasteiger partial charge in [-0.15, -0.1) is 11.3 Å². The van der Waals surface area contributed by atoms with E-state index < -0.39 is 11.8 Å². The van der Waals surface area contributed by atoms with Crippen LogP contribution in [0.2, 0.25) is 5.02 Å². The normalized spacial score (nSPS) is 10.8. The molecule has 1 heterocycles. The minimum Gasteiger partial charge on any atom is -0.365 e. The van der Waals surface area contributed by atoms with Crippen LogP contribution in [-0.2, 0) is 11.2 Å². The SMILES string of the molecule is Cc1c(Cc2ccccc2)sc(NC(=S)NC(=O)/C=C/c2ccc(Cl)cc2)c1C(N)=O. The number of carbonyl (C=O) groups is 2. The van der Waals surface area contributed by atoms with Crippen molar-refractivity contribution in [2.45, 2.75) is 13.3 Å². The van der Waals surface area contributed by atoms with E-state index in [1.807, 2.05) is 37.3 Å². The molecule has 1 aromatic heterocycles. The molecule has 0 spiro atoms. The van der Waals surface area contributed by atoms with Crippen molar-refractivity contribution in [1.29, 1.82) is 0 Å². The predicted molar refractivity (Wildman–Crippen MR) is 132 cm³/mol. The lowest BCUT2D eigenvalue weighted by Gasteiger charge is -2.07. The molecule has 0 fully saturated rings. The Morgan fingerprint density at radius 2 is 1.81 bits per heavy atom. The maximum absolute atomic E-state index is 12.2. The molecular formula is C23H20ClN3O2S2. The van der Waals surface area contributed by atoms with Crippen molar-refractivity contribution in [1.82, 2.24) is 5.32 Å². The molecular weight excluding hydrogens is 450 g/mol. The van der Waals surface area contributed by atoms with E-state index in [9.17, 15) is 9.59 Å². The Hall–Kier alpha value is -3.00. The van der Waals surface area contributed by atoms with Crippen molar-refractivity contribution < 1.29 is 9.59 Å². The quantitative estimate of drug-likeness (QED) is 0.353. The summed E-state index contributed by atoms with van der Waals surface area (Å²) in [5.41, 5.74) is 8.73. The summed E-state index contributed by atoms with van der Waals surface area (Å²) in [5, 5.41) is 6.74. The molecule has 0 saturated carbocycles. The average Bonchev–Trinajstić information content (AvgIpc) is 3.03. The molecule has 4 N–H and O–H groups in total. The molecule has 0 atom stereocenters. The molecule has 3 rings (SSSR count). The molecule has 0 saturated heterocycles. The van der Waals surface area contributed by atoms with Gasteiger partial charge in [0.05, 0.1) is 5.56 Å². The largest absolute Gasteiger partial charge is 0.365 e. The fraction of sp³-hybridized carbons (Fsp3) is 0.0870. The first kappa shape index (κ1) is 22.7. The van der Waals surface area contributed by atoms with Gasteiger partial charge in [0.25, 0.3) is 5.91 Å². The maximum Gasteiger partial charge on any atom is 0.251 e. The van der Waals surface area contributed by atoms with Gasteiger partial charge in [-0.3, -0.25) is 14.9 Å². The zero-order chi connectivity index (χ0) is 22.4. The van der Waals surface area contributed by atoms with E-state index in [1.54, 1.807) is 30.3 Å². The number of nitrogens with one attached hydrogen (secondary N) is 2. The van der Waals surface area contributed by atoms with Gasteiger partial charge in [0, 0.05) is 22.4 Å². The van der Waals surface area contributed by atoms with E-state index in [1.165, 1.54) is 17.4 Å². The van der Waals surface area contributed by atoms with E-state index in [4.69, 9.17) is 29.6 Å². The fourth-order valence-electron chi connectivity index (χ4n) is 2.93. The summed E-state index contributed by atoms with van der Waals surface area (Å²) in [5.74, 6) is -0.946. The number of rotatable bonds is 6. The van der Waals surface area contributed by atoms with E-state index in [2.05, 4.69) is 10.6 Å². The number of halogens is 1. The molecule has 3 aromatic rings. The Morgan fingerprint density at radius 3 is 2.45 bits per heavy atom. The van der Waals surface area contributed by atoms with E-state index in [0.29, 0.717) is 22.0 Å². The number of thiophene rings is 1. The van der Waals surface area contributed by atoms with Crippen LogP contribution in [0.1, 0.15) is 31.9 Å².